The summed E-state index contributed by atoms with van der Waals surface area (Å²) in [6, 6.07) is 12.2. The summed E-state index contributed by atoms with van der Waals surface area (Å²) in [4.78, 5) is 23.2. The van der Waals surface area contributed by atoms with Crippen molar-refractivity contribution in [2.24, 2.45) is 0 Å². The lowest BCUT2D eigenvalue weighted by Gasteiger charge is -2.09. The minimum absolute atomic E-state index is 0.0518. The molecule has 5 nitrogen and oxygen atoms in total. The number of anilines is 1. The first-order chi connectivity index (χ1) is 11.6. The third-order valence-electron chi connectivity index (χ3n) is 3.01. The van der Waals surface area contributed by atoms with Gasteiger partial charge in [-0.2, -0.15) is 0 Å². The van der Waals surface area contributed by atoms with E-state index in [9.17, 15) is 18.4 Å². The summed E-state index contributed by atoms with van der Waals surface area (Å²) in [6.07, 6.45) is 0.0518. The van der Waals surface area contributed by atoms with Gasteiger partial charge in [-0.1, -0.05) is 24.3 Å². The van der Waals surface area contributed by atoms with Gasteiger partial charge in [-0.25, -0.2) is 8.78 Å². The Morgan fingerprint density at radius 1 is 0.917 bits per heavy atom. The van der Waals surface area contributed by atoms with Crippen molar-refractivity contribution in [2.45, 2.75) is 6.42 Å². The maximum Gasteiger partial charge on any atom is 0.243 e. The predicted molar refractivity (Wildman–Crippen MR) is 84.6 cm³/mol. The van der Waals surface area contributed by atoms with Crippen molar-refractivity contribution >= 4 is 17.5 Å². The first kappa shape index (κ1) is 17.4. The van der Waals surface area contributed by atoms with Crippen LogP contribution in [-0.2, 0) is 9.59 Å². The molecule has 0 aromatic heterocycles. The van der Waals surface area contributed by atoms with Gasteiger partial charge in [0.25, 0.3) is 0 Å². The third kappa shape index (κ3) is 5.35. The summed E-state index contributed by atoms with van der Waals surface area (Å²) in [6.45, 7) is -0.239. The molecule has 2 N–H and O–H groups in total. The molecule has 0 unspecified atom stereocenters. The average molecular weight is 334 g/mol. The Balaban J connectivity index is 1.70. The van der Waals surface area contributed by atoms with Crippen LogP contribution >= 0.6 is 0 Å². The summed E-state index contributed by atoms with van der Waals surface area (Å²) in [7, 11) is 0. The van der Waals surface area contributed by atoms with Gasteiger partial charge in [0.15, 0.2) is 0 Å². The molecule has 2 amide bonds. The highest BCUT2D eigenvalue weighted by molar-refractivity contribution is 5.94. The monoisotopic (exact) mass is 334 g/mol. The van der Waals surface area contributed by atoms with Gasteiger partial charge in [-0.3, -0.25) is 9.59 Å². The van der Waals surface area contributed by atoms with E-state index in [0.29, 0.717) is 5.75 Å². The predicted octanol–water partition coefficient (Wildman–Crippen LogP) is 2.49. The van der Waals surface area contributed by atoms with E-state index in [1.807, 2.05) is 18.2 Å². The van der Waals surface area contributed by atoms with Crippen LogP contribution in [0.4, 0.5) is 14.5 Å². The summed E-state index contributed by atoms with van der Waals surface area (Å²) < 4.78 is 32.1. The molecule has 0 heterocycles. The number of halogens is 2. The fourth-order valence-electron chi connectivity index (χ4n) is 1.85. The van der Waals surface area contributed by atoms with E-state index in [4.69, 9.17) is 4.74 Å². The normalized spacial score (nSPS) is 10.1. The van der Waals surface area contributed by atoms with Gasteiger partial charge in [-0.15, -0.1) is 0 Å². The zero-order valence-corrected chi connectivity index (χ0v) is 12.7. The number of hydrogen-bond donors (Lipinski definition) is 2. The standard InChI is InChI=1S/C17H16F2N2O3/c18-13-7-4-8-14(19)17(13)21-16(23)11-20-15(22)9-10-24-12-5-2-1-3-6-12/h1-8H,9-11H2,(H,20,22)(H,21,23). The van der Waals surface area contributed by atoms with E-state index in [1.165, 1.54) is 6.07 Å². The van der Waals surface area contributed by atoms with Crippen LogP contribution in [0.25, 0.3) is 0 Å². The van der Waals surface area contributed by atoms with Crippen LogP contribution in [0.15, 0.2) is 48.5 Å². The molecule has 24 heavy (non-hydrogen) atoms. The molecule has 0 saturated carbocycles. The Hall–Kier alpha value is -2.96. The van der Waals surface area contributed by atoms with Gasteiger partial charge in [0.1, 0.15) is 23.1 Å². The van der Waals surface area contributed by atoms with Crippen LogP contribution in [0.3, 0.4) is 0 Å². The highest BCUT2D eigenvalue weighted by atomic mass is 19.1. The van der Waals surface area contributed by atoms with Crippen molar-refractivity contribution in [3.63, 3.8) is 0 Å². The molecule has 0 atom stereocenters. The van der Waals surface area contributed by atoms with Gasteiger partial charge in [0.2, 0.25) is 11.8 Å². The largest absolute Gasteiger partial charge is 0.493 e. The van der Waals surface area contributed by atoms with E-state index in [0.717, 1.165) is 12.1 Å². The molecular formula is C17H16F2N2O3. The number of benzene rings is 2. The first-order valence-corrected chi connectivity index (χ1v) is 7.24. The number of amides is 2. The fraction of sp³-hybridized carbons (Fsp3) is 0.176. The van der Waals surface area contributed by atoms with E-state index in [-0.39, 0.29) is 13.0 Å². The van der Waals surface area contributed by atoms with Crippen molar-refractivity contribution in [1.82, 2.24) is 5.32 Å². The molecule has 0 spiro atoms. The quantitative estimate of drug-likeness (QED) is 0.817. The van der Waals surface area contributed by atoms with Crippen molar-refractivity contribution in [3.8, 4) is 5.75 Å². The summed E-state index contributed by atoms with van der Waals surface area (Å²) >= 11 is 0. The Kier molecular flexibility index (Phi) is 6.24. The Morgan fingerprint density at radius 2 is 1.58 bits per heavy atom. The molecule has 2 aromatic rings. The van der Waals surface area contributed by atoms with E-state index >= 15 is 0 Å². The molecule has 0 radical (unpaired) electrons. The number of hydrogen-bond acceptors (Lipinski definition) is 3. The molecule has 0 bridgehead atoms. The molecule has 0 fully saturated rings. The lowest BCUT2D eigenvalue weighted by molar-refractivity contribution is -0.124. The Labute approximate surface area is 137 Å². The molecular weight excluding hydrogens is 318 g/mol. The number of nitrogens with one attached hydrogen (secondary N) is 2. The number of carbonyl (C=O) groups is 2. The molecule has 2 rings (SSSR count). The second-order valence-corrected chi connectivity index (χ2v) is 4.83. The number of para-hydroxylation sites is 2. The molecule has 7 heteroatoms. The minimum atomic E-state index is -0.883. The van der Waals surface area contributed by atoms with Crippen LogP contribution in [0, 0.1) is 11.6 Å². The van der Waals surface area contributed by atoms with Crippen LogP contribution in [0.1, 0.15) is 6.42 Å². The highest BCUT2D eigenvalue weighted by Gasteiger charge is 2.12. The fourth-order valence-corrected chi connectivity index (χ4v) is 1.85. The van der Waals surface area contributed by atoms with Crippen LogP contribution < -0.4 is 15.4 Å². The Bertz CT molecular complexity index is 688. The zero-order chi connectivity index (χ0) is 17.4. The van der Waals surface area contributed by atoms with E-state index in [2.05, 4.69) is 10.6 Å². The van der Waals surface area contributed by atoms with Crippen LogP contribution in [0.5, 0.6) is 5.75 Å². The second kappa shape index (κ2) is 8.61. The topological polar surface area (TPSA) is 67.4 Å². The maximum atomic E-state index is 13.4. The van der Waals surface area contributed by atoms with Gasteiger partial charge >= 0.3 is 0 Å². The highest BCUT2D eigenvalue weighted by Crippen LogP contribution is 2.17. The maximum absolute atomic E-state index is 13.4. The summed E-state index contributed by atoms with van der Waals surface area (Å²) in [5.74, 6) is -2.26. The van der Waals surface area contributed by atoms with Gasteiger partial charge < -0.3 is 15.4 Å². The molecule has 0 saturated heterocycles. The molecule has 0 aliphatic heterocycles. The second-order valence-electron chi connectivity index (χ2n) is 4.83. The number of rotatable bonds is 7. The van der Waals surface area contributed by atoms with E-state index in [1.54, 1.807) is 12.1 Å². The zero-order valence-electron chi connectivity index (χ0n) is 12.7. The first-order valence-electron chi connectivity index (χ1n) is 7.24. The lowest BCUT2D eigenvalue weighted by Crippen LogP contribution is -2.33. The molecule has 2 aromatic carbocycles. The summed E-state index contributed by atoms with van der Waals surface area (Å²) in [5.41, 5.74) is -0.538. The average Bonchev–Trinajstić information content (AvgIpc) is 2.57. The van der Waals surface area contributed by atoms with Crippen LogP contribution in [0.2, 0.25) is 0 Å². The SMILES string of the molecule is O=C(CCOc1ccccc1)NCC(=O)Nc1c(F)cccc1F. The number of ether oxygens (including phenoxy) is 1. The lowest BCUT2D eigenvalue weighted by atomic mass is 10.3. The van der Waals surface area contributed by atoms with Crippen molar-refractivity contribution in [3.05, 3.63) is 60.2 Å². The van der Waals surface area contributed by atoms with Crippen molar-refractivity contribution in [2.75, 3.05) is 18.5 Å². The van der Waals surface area contributed by atoms with Crippen molar-refractivity contribution < 1.29 is 23.1 Å². The van der Waals surface area contributed by atoms with E-state index < -0.39 is 35.7 Å². The molecule has 0 aliphatic rings. The number of carbonyl (C=O) groups excluding carboxylic acids is 2. The Morgan fingerprint density at radius 3 is 2.25 bits per heavy atom. The minimum Gasteiger partial charge on any atom is -0.493 e. The van der Waals surface area contributed by atoms with Crippen molar-refractivity contribution in [1.29, 1.82) is 0 Å². The van der Waals surface area contributed by atoms with Gasteiger partial charge in [-0.05, 0) is 24.3 Å². The smallest absolute Gasteiger partial charge is 0.243 e. The van der Waals surface area contributed by atoms with Gasteiger partial charge in [0, 0.05) is 0 Å². The van der Waals surface area contributed by atoms with Crippen LogP contribution in [-0.4, -0.2) is 25.0 Å². The molecule has 126 valence electrons. The molecule has 0 aliphatic carbocycles. The van der Waals surface area contributed by atoms with Gasteiger partial charge in [0.05, 0.1) is 19.6 Å². The summed E-state index contributed by atoms with van der Waals surface area (Å²) in [5, 5.41) is 4.43. The third-order valence-corrected chi connectivity index (χ3v) is 3.01.